The molecule has 0 radical (unpaired) electrons. The monoisotopic (exact) mass is 367 g/mol. The maximum absolute atomic E-state index is 13.8. The summed E-state index contributed by atoms with van der Waals surface area (Å²) in [6.45, 7) is 4.12. The van der Waals surface area contributed by atoms with Crippen molar-refractivity contribution in [2.75, 3.05) is 31.1 Å². The van der Waals surface area contributed by atoms with E-state index < -0.39 is 12.2 Å². The quantitative estimate of drug-likeness (QED) is 0.861. The molecule has 2 saturated heterocycles. The van der Waals surface area contributed by atoms with Gasteiger partial charge in [0.15, 0.2) is 0 Å². The van der Waals surface area contributed by atoms with Crippen molar-refractivity contribution in [1.29, 1.82) is 5.26 Å². The Kier molecular flexibility index (Phi) is 4.66. The van der Waals surface area contributed by atoms with Gasteiger partial charge in [-0.3, -0.25) is 9.78 Å². The number of fused-ring (bicyclic) bond motifs is 1. The van der Waals surface area contributed by atoms with Gasteiger partial charge in [0, 0.05) is 43.4 Å². The number of hydrogen-bond acceptors (Lipinski definition) is 5. The van der Waals surface area contributed by atoms with E-state index in [1.807, 2.05) is 25.1 Å². The lowest BCUT2D eigenvalue weighted by Crippen LogP contribution is -2.45. The summed E-state index contributed by atoms with van der Waals surface area (Å²) in [7, 11) is 0. The van der Waals surface area contributed by atoms with Gasteiger partial charge in [-0.25, -0.2) is 4.39 Å². The molecular weight excluding hydrogens is 345 g/mol. The van der Waals surface area contributed by atoms with Crippen molar-refractivity contribution in [3.05, 3.63) is 36.0 Å². The van der Waals surface area contributed by atoms with Crippen LogP contribution >= 0.6 is 0 Å². The van der Waals surface area contributed by atoms with Crippen LogP contribution in [-0.4, -0.2) is 49.3 Å². The van der Waals surface area contributed by atoms with Crippen LogP contribution in [0.3, 0.4) is 0 Å². The molecule has 0 saturated carbocycles. The van der Waals surface area contributed by atoms with Crippen LogP contribution in [0.5, 0.6) is 0 Å². The molecule has 140 valence electrons. The molecule has 4 atom stereocenters. The fourth-order valence-electron chi connectivity index (χ4n) is 4.11. The number of nitrogens with one attached hydrogen (secondary N) is 2. The van der Waals surface area contributed by atoms with E-state index in [2.05, 4.69) is 26.6 Å². The van der Waals surface area contributed by atoms with Crippen LogP contribution < -0.4 is 15.5 Å². The molecule has 2 N–H and O–H groups in total. The minimum absolute atomic E-state index is 0.0857. The van der Waals surface area contributed by atoms with Crippen LogP contribution in [0.25, 0.3) is 10.9 Å². The Morgan fingerprint density at radius 1 is 1.37 bits per heavy atom. The first-order valence-electron chi connectivity index (χ1n) is 9.26. The number of hydrogen-bond donors (Lipinski definition) is 2. The van der Waals surface area contributed by atoms with Crippen LogP contribution in [-0.2, 0) is 4.79 Å². The number of rotatable bonds is 3. The third kappa shape index (κ3) is 3.21. The molecule has 0 unspecified atom stereocenters. The molecule has 3 heterocycles. The van der Waals surface area contributed by atoms with Gasteiger partial charge < -0.3 is 15.5 Å². The lowest BCUT2D eigenvalue weighted by atomic mass is 9.97. The van der Waals surface area contributed by atoms with Gasteiger partial charge in [0.1, 0.15) is 12.2 Å². The number of alkyl halides is 1. The second kappa shape index (κ2) is 7.12. The Hall–Kier alpha value is -2.72. The van der Waals surface area contributed by atoms with E-state index in [9.17, 15) is 14.4 Å². The average Bonchev–Trinajstić information content (AvgIpc) is 3.26. The standard InChI is InChI=1S/C20H22FN5O/c1-12-10-26(11-15(12)20(27)25-17-9-23-8-16(17)21)18-5-4-13(7-22)19-14(18)3-2-6-24-19/h2-6,12,15-17,23H,8-11H2,1H3,(H,25,27)/t12-,15-,16+,17+/m1/s1. The molecule has 0 spiro atoms. The van der Waals surface area contributed by atoms with Crippen molar-refractivity contribution in [3.63, 3.8) is 0 Å². The van der Waals surface area contributed by atoms with E-state index >= 15 is 0 Å². The van der Waals surface area contributed by atoms with Crippen LogP contribution in [0, 0.1) is 23.2 Å². The number of anilines is 1. The van der Waals surface area contributed by atoms with Crippen LogP contribution in [0.1, 0.15) is 12.5 Å². The predicted molar refractivity (Wildman–Crippen MR) is 101 cm³/mol. The Balaban J connectivity index is 1.56. The highest BCUT2D eigenvalue weighted by Crippen LogP contribution is 2.34. The minimum atomic E-state index is -1.03. The zero-order valence-corrected chi connectivity index (χ0v) is 15.2. The fraction of sp³-hybridized carbons (Fsp3) is 0.450. The van der Waals surface area contributed by atoms with E-state index in [1.165, 1.54) is 0 Å². The molecule has 7 heteroatoms. The van der Waals surface area contributed by atoms with Gasteiger partial charge in [-0.15, -0.1) is 0 Å². The Morgan fingerprint density at radius 2 is 2.22 bits per heavy atom. The topological polar surface area (TPSA) is 81.0 Å². The number of benzene rings is 1. The number of nitriles is 1. The maximum Gasteiger partial charge on any atom is 0.225 e. The van der Waals surface area contributed by atoms with Crippen LogP contribution in [0.2, 0.25) is 0 Å². The summed E-state index contributed by atoms with van der Waals surface area (Å²) in [6.07, 6.45) is 0.647. The number of halogens is 1. The number of pyridine rings is 1. The number of carbonyl (C=O) groups excluding carboxylic acids is 1. The first kappa shape index (κ1) is 17.7. The normalized spacial score (nSPS) is 27.7. The number of amides is 1. The van der Waals surface area contributed by atoms with Crippen molar-refractivity contribution in [2.24, 2.45) is 11.8 Å². The highest BCUT2D eigenvalue weighted by molar-refractivity contribution is 5.95. The third-order valence-electron chi connectivity index (χ3n) is 5.62. The molecule has 6 nitrogen and oxygen atoms in total. The molecule has 1 aromatic heterocycles. The molecule has 1 amide bonds. The Labute approximate surface area is 157 Å². The van der Waals surface area contributed by atoms with Gasteiger partial charge in [-0.1, -0.05) is 6.92 Å². The lowest BCUT2D eigenvalue weighted by Gasteiger charge is -2.21. The van der Waals surface area contributed by atoms with E-state index in [0.29, 0.717) is 30.7 Å². The summed E-state index contributed by atoms with van der Waals surface area (Å²) in [5.41, 5.74) is 2.19. The molecule has 27 heavy (non-hydrogen) atoms. The van der Waals surface area contributed by atoms with Crippen molar-refractivity contribution >= 4 is 22.5 Å². The first-order chi connectivity index (χ1) is 13.1. The molecular formula is C20H22FN5O. The first-order valence-corrected chi connectivity index (χ1v) is 9.26. The van der Waals surface area contributed by atoms with Crippen molar-refractivity contribution in [3.8, 4) is 6.07 Å². The maximum atomic E-state index is 13.8. The predicted octanol–water partition coefficient (Wildman–Crippen LogP) is 1.60. The van der Waals surface area contributed by atoms with Crippen molar-refractivity contribution in [1.82, 2.24) is 15.6 Å². The molecule has 1 aromatic carbocycles. The molecule has 4 rings (SSSR count). The smallest absolute Gasteiger partial charge is 0.225 e. The van der Waals surface area contributed by atoms with Crippen LogP contribution in [0.4, 0.5) is 10.1 Å². The van der Waals surface area contributed by atoms with E-state index in [4.69, 9.17) is 0 Å². The van der Waals surface area contributed by atoms with Crippen molar-refractivity contribution < 1.29 is 9.18 Å². The van der Waals surface area contributed by atoms with E-state index in [0.717, 1.165) is 17.6 Å². The molecule has 2 aliphatic rings. The summed E-state index contributed by atoms with van der Waals surface area (Å²) in [5.74, 6) is -0.127. The molecule has 0 aliphatic carbocycles. The van der Waals surface area contributed by atoms with E-state index in [1.54, 1.807) is 12.3 Å². The minimum Gasteiger partial charge on any atom is -0.370 e. The zero-order valence-electron chi connectivity index (χ0n) is 15.2. The average molecular weight is 367 g/mol. The lowest BCUT2D eigenvalue weighted by molar-refractivity contribution is -0.126. The van der Waals surface area contributed by atoms with Crippen LogP contribution in [0.15, 0.2) is 30.5 Å². The Bertz CT molecular complexity index is 911. The second-order valence-corrected chi connectivity index (χ2v) is 7.42. The second-order valence-electron chi connectivity index (χ2n) is 7.42. The summed E-state index contributed by atoms with van der Waals surface area (Å²) < 4.78 is 13.8. The highest BCUT2D eigenvalue weighted by atomic mass is 19.1. The van der Waals surface area contributed by atoms with Gasteiger partial charge in [-0.05, 0) is 30.2 Å². The number of nitrogens with zero attached hydrogens (tertiary/aromatic N) is 3. The van der Waals surface area contributed by atoms with Gasteiger partial charge in [-0.2, -0.15) is 5.26 Å². The zero-order chi connectivity index (χ0) is 19.0. The van der Waals surface area contributed by atoms with Gasteiger partial charge in [0.05, 0.1) is 23.0 Å². The summed E-state index contributed by atoms with van der Waals surface area (Å²) in [4.78, 5) is 19.2. The fourth-order valence-corrected chi connectivity index (χ4v) is 4.11. The molecule has 2 aliphatic heterocycles. The van der Waals surface area contributed by atoms with Gasteiger partial charge >= 0.3 is 0 Å². The summed E-state index contributed by atoms with van der Waals surface area (Å²) in [5, 5.41) is 16.1. The summed E-state index contributed by atoms with van der Waals surface area (Å²) in [6, 6.07) is 9.24. The molecule has 2 aromatic rings. The van der Waals surface area contributed by atoms with Gasteiger partial charge in [0.25, 0.3) is 0 Å². The highest BCUT2D eigenvalue weighted by Gasteiger charge is 2.38. The van der Waals surface area contributed by atoms with E-state index in [-0.39, 0.29) is 17.7 Å². The Morgan fingerprint density at radius 3 is 2.96 bits per heavy atom. The largest absolute Gasteiger partial charge is 0.370 e. The van der Waals surface area contributed by atoms with Gasteiger partial charge in [0.2, 0.25) is 5.91 Å². The SMILES string of the molecule is C[C@@H]1CN(c2ccc(C#N)c3ncccc23)C[C@H]1C(=O)N[C@H]1CNC[C@@H]1F. The summed E-state index contributed by atoms with van der Waals surface area (Å²) >= 11 is 0. The third-order valence-corrected chi connectivity index (χ3v) is 5.62. The van der Waals surface area contributed by atoms with Crippen molar-refractivity contribution in [2.45, 2.75) is 19.1 Å². The number of carbonyl (C=O) groups is 1. The number of aromatic nitrogens is 1. The molecule has 2 fully saturated rings. The molecule has 0 bridgehead atoms.